The number of amides is 1. The Morgan fingerprint density at radius 3 is 2.74 bits per heavy atom. The summed E-state index contributed by atoms with van der Waals surface area (Å²) in [6.45, 7) is 7.82. The highest BCUT2D eigenvalue weighted by atomic mass is 32.1. The predicted octanol–water partition coefficient (Wildman–Crippen LogP) is 4.48. The molecule has 1 atom stereocenters. The van der Waals surface area contributed by atoms with E-state index in [2.05, 4.69) is 48.4 Å². The molecule has 1 amide bonds. The first-order chi connectivity index (χ1) is 12.9. The van der Waals surface area contributed by atoms with Crippen LogP contribution in [0.5, 0.6) is 5.75 Å². The van der Waals surface area contributed by atoms with Gasteiger partial charge >= 0.3 is 0 Å². The number of hydrogen-bond acceptors (Lipinski definition) is 6. The fourth-order valence-electron chi connectivity index (χ4n) is 2.84. The maximum atomic E-state index is 12.1. The summed E-state index contributed by atoms with van der Waals surface area (Å²) in [4.78, 5) is 12.1. The maximum absolute atomic E-state index is 12.1. The van der Waals surface area contributed by atoms with Gasteiger partial charge in [0.05, 0.1) is 6.61 Å². The van der Waals surface area contributed by atoms with Gasteiger partial charge in [-0.25, -0.2) is 0 Å². The SMILES string of the molecule is CC(C)(C)c1ccc(OCCCC(=O)Nc2nnc(C3CCCO3)s2)cc1. The molecule has 2 heterocycles. The molecule has 1 N–H and O–H groups in total. The third kappa shape index (κ3) is 5.74. The predicted molar refractivity (Wildman–Crippen MR) is 106 cm³/mol. The number of ether oxygens (including phenoxy) is 2. The standard InChI is InChI=1S/C20H27N3O3S/c1-20(2,3)14-8-10-15(11-9-14)25-12-5-7-17(24)21-19-23-22-18(27-19)16-6-4-13-26-16/h8-11,16H,4-7,12-13H2,1-3H3,(H,21,23,24). The van der Waals surface area contributed by atoms with Gasteiger partial charge in [-0.2, -0.15) is 0 Å². The van der Waals surface area contributed by atoms with Crippen molar-refractivity contribution in [2.45, 2.75) is 58.0 Å². The zero-order valence-corrected chi connectivity index (χ0v) is 17.0. The number of rotatable bonds is 7. The van der Waals surface area contributed by atoms with Gasteiger partial charge in [0, 0.05) is 13.0 Å². The lowest BCUT2D eigenvalue weighted by Gasteiger charge is -2.19. The lowest BCUT2D eigenvalue weighted by Crippen LogP contribution is -2.13. The molecule has 1 fully saturated rings. The lowest BCUT2D eigenvalue weighted by molar-refractivity contribution is -0.116. The molecule has 7 heteroatoms. The third-order valence-electron chi connectivity index (χ3n) is 4.43. The van der Waals surface area contributed by atoms with Crippen molar-refractivity contribution in [3.8, 4) is 5.75 Å². The van der Waals surface area contributed by atoms with Crippen molar-refractivity contribution >= 4 is 22.4 Å². The van der Waals surface area contributed by atoms with E-state index in [4.69, 9.17) is 9.47 Å². The van der Waals surface area contributed by atoms with E-state index in [0.717, 1.165) is 30.2 Å². The van der Waals surface area contributed by atoms with Gasteiger partial charge in [-0.1, -0.05) is 44.2 Å². The van der Waals surface area contributed by atoms with E-state index >= 15 is 0 Å². The van der Waals surface area contributed by atoms with Crippen LogP contribution in [0.1, 0.15) is 63.1 Å². The number of aromatic nitrogens is 2. The first-order valence-corrected chi connectivity index (χ1v) is 10.2. The van der Waals surface area contributed by atoms with Gasteiger partial charge < -0.3 is 14.8 Å². The molecule has 27 heavy (non-hydrogen) atoms. The molecule has 6 nitrogen and oxygen atoms in total. The minimum atomic E-state index is -0.0725. The van der Waals surface area contributed by atoms with Gasteiger partial charge in [-0.05, 0) is 42.4 Å². The second-order valence-electron chi connectivity index (χ2n) is 7.72. The highest BCUT2D eigenvalue weighted by Gasteiger charge is 2.22. The summed E-state index contributed by atoms with van der Waals surface area (Å²) in [5.74, 6) is 0.755. The van der Waals surface area contributed by atoms with E-state index in [9.17, 15) is 4.79 Å². The molecule has 0 aliphatic carbocycles. The van der Waals surface area contributed by atoms with E-state index in [1.165, 1.54) is 16.9 Å². The Bertz CT molecular complexity index is 747. The average molecular weight is 390 g/mol. The van der Waals surface area contributed by atoms with Crippen LogP contribution in [0.4, 0.5) is 5.13 Å². The van der Waals surface area contributed by atoms with E-state index in [0.29, 0.717) is 24.6 Å². The highest BCUT2D eigenvalue weighted by molar-refractivity contribution is 7.15. The largest absolute Gasteiger partial charge is 0.494 e. The molecule has 1 saturated heterocycles. The van der Waals surface area contributed by atoms with Crippen LogP contribution in [0.2, 0.25) is 0 Å². The zero-order valence-electron chi connectivity index (χ0n) is 16.2. The van der Waals surface area contributed by atoms with Crippen molar-refractivity contribution in [3.63, 3.8) is 0 Å². The Kier molecular flexibility index (Phi) is 6.44. The van der Waals surface area contributed by atoms with Crippen molar-refractivity contribution in [1.82, 2.24) is 10.2 Å². The Balaban J connectivity index is 1.37. The topological polar surface area (TPSA) is 73.3 Å². The summed E-state index contributed by atoms with van der Waals surface area (Å²) in [6.07, 6.45) is 3.08. The Morgan fingerprint density at radius 1 is 1.30 bits per heavy atom. The van der Waals surface area contributed by atoms with Gasteiger partial charge in [0.2, 0.25) is 11.0 Å². The smallest absolute Gasteiger partial charge is 0.226 e. The maximum Gasteiger partial charge on any atom is 0.226 e. The molecule has 1 aliphatic heterocycles. The number of anilines is 1. The Hall–Kier alpha value is -1.99. The van der Waals surface area contributed by atoms with E-state index < -0.39 is 0 Å². The fourth-order valence-corrected chi connectivity index (χ4v) is 3.69. The monoisotopic (exact) mass is 389 g/mol. The van der Waals surface area contributed by atoms with Crippen LogP contribution in [0.25, 0.3) is 0 Å². The van der Waals surface area contributed by atoms with Gasteiger partial charge in [0.1, 0.15) is 16.9 Å². The Labute approximate surface area is 164 Å². The fraction of sp³-hybridized carbons (Fsp3) is 0.550. The molecule has 0 radical (unpaired) electrons. The van der Waals surface area contributed by atoms with Crippen LogP contribution in [-0.2, 0) is 14.9 Å². The molecule has 0 bridgehead atoms. The number of carbonyl (C=O) groups is 1. The summed E-state index contributed by atoms with van der Waals surface area (Å²) in [6, 6.07) is 8.13. The molecule has 1 aromatic heterocycles. The second kappa shape index (κ2) is 8.80. The molecule has 1 aliphatic rings. The van der Waals surface area contributed by atoms with Gasteiger partial charge in [0.15, 0.2) is 0 Å². The van der Waals surface area contributed by atoms with Crippen molar-refractivity contribution in [2.24, 2.45) is 0 Å². The first kappa shape index (κ1) is 19.8. The minimum absolute atomic E-state index is 0.0335. The molecular weight excluding hydrogens is 362 g/mol. The van der Waals surface area contributed by atoms with Crippen LogP contribution >= 0.6 is 11.3 Å². The molecule has 1 aromatic carbocycles. The van der Waals surface area contributed by atoms with E-state index in [1.807, 2.05) is 12.1 Å². The minimum Gasteiger partial charge on any atom is -0.494 e. The van der Waals surface area contributed by atoms with Crippen LogP contribution in [0, 0.1) is 0 Å². The molecule has 3 rings (SSSR count). The van der Waals surface area contributed by atoms with Crippen LogP contribution in [-0.4, -0.2) is 29.3 Å². The quantitative estimate of drug-likeness (QED) is 0.707. The van der Waals surface area contributed by atoms with Crippen LogP contribution in [0.15, 0.2) is 24.3 Å². The summed E-state index contributed by atoms with van der Waals surface area (Å²) >= 11 is 1.39. The van der Waals surface area contributed by atoms with Crippen molar-refractivity contribution in [2.75, 3.05) is 18.5 Å². The number of hydrogen-bond donors (Lipinski definition) is 1. The van der Waals surface area contributed by atoms with Gasteiger partial charge in [-0.15, -0.1) is 10.2 Å². The third-order valence-corrected chi connectivity index (χ3v) is 5.36. The Morgan fingerprint density at radius 2 is 2.07 bits per heavy atom. The second-order valence-corrected chi connectivity index (χ2v) is 8.73. The van der Waals surface area contributed by atoms with Crippen LogP contribution < -0.4 is 10.1 Å². The molecule has 2 aromatic rings. The summed E-state index contributed by atoms with van der Waals surface area (Å²) in [5, 5.41) is 12.3. The average Bonchev–Trinajstić information content (AvgIpc) is 3.30. The van der Waals surface area contributed by atoms with Crippen LogP contribution in [0.3, 0.4) is 0 Å². The van der Waals surface area contributed by atoms with Gasteiger partial charge in [-0.3, -0.25) is 4.79 Å². The molecular formula is C20H27N3O3S. The summed E-state index contributed by atoms with van der Waals surface area (Å²) in [7, 11) is 0. The van der Waals surface area contributed by atoms with Gasteiger partial charge in [0.25, 0.3) is 0 Å². The highest BCUT2D eigenvalue weighted by Crippen LogP contribution is 2.32. The van der Waals surface area contributed by atoms with E-state index in [-0.39, 0.29) is 17.4 Å². The van der Waals surface area contributed by atoms with E-state index in [1.54, 1.807) is 0 Å². The molecule has 0 saturated carbocycles. The van der Waals surface area contributed by atoms with Crippen molar-refractivity contribution in [1.29, 1.82) is 0 Å². The van der Waals surface area contributed by atoms with Crippen molar-refractivity contribution < 1.29 is 14.3 Å². The number of carbonyl (C=O) groups excluding carboxylic acids is 1. The summed E-state index contributed by atoms with van der Waals surface area (Å²) in [5.41, 5.74) is 1.40. The lowest BCUT2D eigenvalue weighted by atomic mass is 9.87. The molecule has 146 valence electrons. The number of nitrogens with zero attached hydrogens (tertiary/aromatic N) is 2. The number of benzene rings is 1. The summed E-state index contributed by atoms with van der Waals surface area (Å²) < 4.78 is 11.3. The molecule has 0 spiro atoms. The molecule has 1 unspecified atom stereocenters. The number of nitrogens with one attached hydrogen (secondary N) is 1. The van der Waals surface area contributed by atoms with Crippen molar-refractivity contribution in [3.05, 3.63) is 34.8 Å². The normalized spacial score (nSPS) is 17.1. The first-order valence-electron chi connectivity index (χ1n) is 9.40. The zero-order chi connectivity index (χ0) is 19.3.